The first kappa shape index (κ1) is 7.26. The smallest absolute Gasteiger partial charge is 0.190 e. The zero-order chi connectivity index (χ0) is 24.0. The van der Waals surface area contributed by atoms with Gasteiger partial charge in [0.25, 0.3) is 0 Å². The molecule has 1 aromatic rings. The number of aliphatic hydroxyl groups is 1. The fraction of sp³-hybridized carbons (Fsp3) is 0.571. The van der Waals surface area contributed by atoms with Crippen LogP contribution in [-0.4, -0.2) is 47.4 Å². The van der Waals surface area contributed by atoms with Crippen molar-refractivity contribution in [1.82, 2.24) is 4.90 Å². The summed E-state index contributed by atoms with van der Waals surface area (Å²) < 4.78 is 79.2. The average molecular weight is 324 g/mol. The normalized spacial score (nSPS) is 37.5. The fourth-order valence-electron chi connectivity index (χ4n) is 1.41. The van der Waals surface area contributed by atoms with Crippen molar-refractivity contribution in [2.24, 2.45) is 5.16 Å². The van der Waals surface area contributed by atoms with Crippen molar-refractivity contribution < 1.29 is 28.4 Å². The molecule has 2 heterocycles. The molecular formula is C14H20ClN3O3. The Kier molecular flexibility index (Phi) is 2.82. The first-order chi connectivity index (χ1) is 13.9. The van der Waals surface area contributed by atoms with Gasteiger partial charge in [-0.15, -0.1) is 0 Å². The van der Waals surface area contributed by atoms with E-state index < -0.39 is 51.4 Å². The molecule has 21 heavy (non-hydrogen) atoms. The Bertz CT molecular complexity index is 825. The molecule has 1 N–H and O–H groups in total. The Hall–Kier alpha value is -1.37. The van der Waals surface area contributed by atoms with E-state index >= 15 is 0 Å². The molecule has 1 saturated heterocycles. The maximum atomic E-state index is 11.2. The van der Waals surface area contributed by atoms with E-state index in [1.807, 2.05) is 0 Å². The summed E-state index contributed by atoms with van der Waals surface area (Å²) in [4.78, 5) is 4.93. The van der Waals surface area contributed by atoms with Gasteiger partial charge in [-0.05, 0) is 31.8 Å². The minimum Gasteiger partial charge on any atom is -0.619 e. The van der Waals surface area contributed by atoms with Crippen LogP contribution in [0.3, 0.4) is 0 Å². The van der Waals surface area contributed by atoms with Crippen LogP contribution in [0.4, 0.5) is 0 Å². The van der Waals surface area contributed by atoms with E-state index in [2.05, 4.69) is 5.16 Å². The van der Waals surface area contributed by atoms with Crippen molar-refractivity contribution in [1.29, 1.82) is 0 Å². The lowest BCUT2D eigenvalue weighted by Crippen LogP contribution is -2.38. The quantitative estimate of drug-likeness (QED) is 0.368. The Morgan fingerprint density at radius 2 is 2.33 bits per heavy atom. The van der Waals surface area contributed by atoms with Gasteiger partial charge in [0.1, 0.15) is 12.7 Å². The van der Waals surface area contributed by atoms with Gasteiger partial charge in [0.05, 0.1) is 5.56 Å². The molecule has 116 valence electrons. The van der Waals surface area contributed by atoms with Crippen molar-refractivity contribution in [3.63, 3.8) is 0 Å². The number of halogens is 1. The number of aromatic nitrogens is 1. The molecule has 0 saturated carbocycles. The number of β-amino-alcohol motifs (C(OH)–C–C–N with tert-alkyl or cyclic N) is 1. The molecule has 1 atom stereocenters. The molecule has 0 unspecified atom stereocenters. The summed E-state index contributed by atoms with van der Waals surface area (Å²) in [5.41, 5.74) is 0.195. The van der Waals surface area contributed by atoms with E-state index in [1.54, 1.807) is 0 Å². The molecular weight excluding hydrogens is 294 g/mol. The van der Waals surface area contributed by atoms with Crippen LogP contribution in [0.1, 0.15) is 38.4 Å². The molecule has 1 fully saturated rings. The van der Waals surface area contributed by atoms with Crippen molar-refractivity contribution in [2.45, 2.75) is 25.2 Å². The summed E-state index contributed by atoms with van der Waals surface area (Å²) in [6.07, 6.45) is -9.86. The van der Waals surface area contributed by atoms with E-state index in [9.17, 15) is 10.3 Å². The first-order valence-electron chi connectivity index (χ1n) is 10.9. The van der Waals surface area contributed by atoms with E-state index in [0.717, 1.165) is 6.20 Å². The van der Waals surface area contributed by atoms with Gasteiger partial charge in [-0.3, -0.25) is 0 Å². The minimum atomic E-state index is -3.53. The van der Waals surface area contributed by atoms with Gasteiger partial charge >= 0.3 is 0 Å². The third-order valence-corrected chi connectivity index (χ3v) is 2.61. The third-order valence-electron chi connectivity index (χ3n) is 2.32. The molecule has 1 aliphatic rings. The predicted octanol–water partition coefficient (Wildman–Crippen LogP) is 1.08. The molecule has 0 aliphatic carbocycles. The number of nitrogens with zero attached hydrogens (tertiary/aromatic N) is 3. The zero-order valence-corrected chi connectivity index (χ0v) is 11.5. The molecule has 0 amide bonds. The number of likely N-dealkylation sites (tertiary alicyclic amines) is 1. The van der Waals surface area contributed by atoms with Gasteiger partial charge in [0, 0.05) is 26.3 Å². The molecule has 0 spiro atoms. The number of oxime groups is 1. The van der Waals surface area contributed by atoms with Gasteiger partial charge in [0.2, 0.25) is 0 Å². The summed E-state index contributed by atoms with van der Waals surface area (Å²) in [7, 11) is 0. The van der Waals surface area contributed by atoms with Gasteiger partial charge < -0.3 is 20.1 Å². The van der Waals surface area contributed by atoms with Crippen LogP contribution in [0, 0.1) is 5.21 Å². The maximum absolute atomic E-state index is 11.2. The van der Waals surface area contributed by atoms with Gasteiger partial charge in [-0.25, -0.2) is 0 Å². The highest BCUT2D eigenvalue weighted by Gasteiger charge is 2.15. The van der Waals surface area contributed by atoms with Gasteiger partial charge in [-0.2, -0.15) is 4.73 Å². The summed E-state index contributed by atoms with van der Waals surface area (Å²) in [6, 6.07) is 2.85. The Labute approximate surface area is 143 Å². The third kappa shape index (κ3) is 5.49. The predicted molar refractivity (Wildman–Crippen MR) is 80.0 cm³/mol. The maximum Gasteiger partial charge on any atom is 0.190 e. The number of hydrogen-bond donors (Lipinski definition) is 1. The number of pyridine rings is 1. The van der Waals surface area contributed by atoms with Crippen LogP contribution < -0.4 is 4.73 Å². The zero-order valence-electron chi connectivity index (χ0n) is 20.8. The van der Waals surface area contributed by atoms with Crippen LogP contribution in [-0.2, 0) is 4.84 Å². The second-order valence-electron chi connectivity index (χ2n) is 3.99. The lowest BCUT2D eigenvalue weighted by molar-refractivity contribution is -0.605. The minimum absolute atomic E-state index is 0.0955. The van der Waals surface area contributed by atoms with E-state index in [0.29, 0.717) is 4.73 Å². The lowest BCUT2D eigenvalue weighted by atomic mass is 10.1. The van der Waals surface area contributed by atoms with Crippen LogP contribution in [0.2, 0.25) is 0 Å². The fourth-order valence-corrected chi connectivity index (χ4v) is 1.57. The SMILES string of the molecule is [2H]C1([2H])N(C[C@H](O)CO/N=C(\Cl)c2ccc[n+]([O-])c2)C([2H])([2H])C([2H])([2H])C([2H])([2H])C1([2H])[2H]. The topological polar surface area (TPSA) is 72.0 Å². The standard InChI is InChI=1S/C14H20ClN3O3/c15-14(12-5-4-8-18(20)9-12)16-21-11-13(19)10-17-6-2-1-3-7-17/h4-5,8-9,13,19H,1-3,6-7,10-11H2/b16-14-/t13-/m0/s1/i1D2,2D2,3D2,6D2,7D2. The Morgan fingerprint density at radius 1 is 1.57 bits per heavy atom. The van der Waals surface area contributed by atoms with Gasteiger partial charge in [0.15, 0.2) is 17.6 Å². The van der Waals surface area contributed by atoms with E-state index in [1.165, 1.54) is 18.3 Å². The summed E-state index contributed by atoms with van der Waals surface area (Å²) >= 11 is 5.87. The molecule has 7 heteroatoms. The number of hydrogen-bond acceptors (Lipinski definition) is 5. The molecule has 0 bridgehead atoms. The largest absolute Gasteiger partial charge is 0.619 e. The first-order valence-corrected chi connectivity index (χ1v) is 6.29. The molecule has 0 aromatic carbocycles. The second-order valence-corrected chi connectivity index (χ2v) is 4.35. The monoisotopic (exact) mass is 323 g/mol. The summed E-state index contributed by atoms with van der Waals surface area (Å²) in [5.74, 6) is 0. The summed E-state index contributed by atoms with van der Waals surface area (Å²) in [6.45, 7) is -8.28. The van der Waals surface area contributed by atoms with Crippen LogP contribution in [0.15, 0.2) is 29.7 Å². The van der Waals surface area contributed by atoms with E-state index in [4.69, 9.17) is 30.1 Å². The molecule has 0 radical (unpaired) electrons. The number of rotatable bonds is 6. The summed E-state index contributed by atoms with van der Waals surface area (Å²) in [5, 5.41) is 24.6. The van der Waals surface area contributed by atoms with E-state index in [-0.39, 0.29) is 15.6 Å². The van der Waals surface area contributed by atoms with Crippen molar-refractivity contribution in [3.8, 4) is 0 Å². The lowest BCUT2D eigenvalue weighted by Gasteiger charge is -2.27. The van der Waals surface area contributed by atoms with Crippen molar-refractivity contribution >= 4 is 16.8 Å². The highest BCUT2D eigenvalue weighted by molar-refractivity contribution is 6.69. The molecule has 1 aliphatic heterocycles. The van der Waals surface area contributed by atoms with Crippen molar-refractivity contribution in [3.05, 3.63) is 35.3 Å². The second kappa shape index (κ2) is 8.17. The van der Waals surface area contributed by atoms with Crippen molar-refractivity contribution in [2.75, 3.05) is 26.1 Å². The Morgan fingerprint density at radius 3 is 3.05 bits per heavy atom. The van der Waals surface area contributed by atoms with Crippen LogP contribution in [0.5, 0.6) is 0 Å². The number of aliphatic hydroxyl groups excluding tert-OH is 1. The highest BCUT2D eigenvalue weighted by Crippen LogP contribution is 2.09. The Balaban J connectivity index is 2.19. The molecule has 2 rings (SSSR count). The van der Waals surface area contributed by atoms with Gasteiger partial charge in [-0.1, -0.05) is 23.1 Å². The molecule has 6 nitrogen and oxygen atoms in total. The number of piperidine rings is 1. The average Bonchev–Trinajstić information content (AvgIpc) is 2.64. The van der Waals surface area contributed by atoms with Crippen LogP contribution in [0.25, 0.3) is 0 Å². The van der Waals surface area contributed by atoms with Crippen LogP contribution >= 0.6 is 11.6 Å². The highest BCUT2D eigenvalue weighted by atomic mass is 35.5. The molecule has 1 aromatic heterocycles.